The minimum absolute atomic E-state index is 0.0227. The number of hydrogen-bond acceptors (Lipinski definition) is 4. The highest BCUT2D eigenvalue weighted by atomic mass is 32.1. The van der Waals surface area contributed by atoms with Crippen LogP contribution in [0.4, 0.5) is 5.00 Å². The lowest BCUT2D eigenvalue weighted by molar-refractivity contribution is 0.0930. The van der Waals surface area contributed by atoms with Gasteiger partial charge in [0.15, 0.2) is 6.17 Å². The predicted molar refractivity (Wildman–Crippen MR) is 73.5 cm³/mol. The Balaban J connectivity index is 1.75. The lowest BCUT2D eigenvalue weighted by atomic mass is 9.94. The second kappa shape index (κ2) is 4.13. The number of hydrogen-bond donors (Lipinski definition) is 2. The molecular weight excluding hydrogens is 260 g/mol. The van der Waals surface area contributed by atoms with E-state index in [4.69, 9.17) is 4.42 Å². The van der Waals surface area contributed by atoms with Gasteiger partial charge in [0.05, 0.1) is 11.8 Å². The number of fused-ring (bicyclic) bond motifs is 3. The second-order valence-electron chi connectivity index (χ2n) is 4.98. The molecule has 1 atom stereocenters. The van der Waals surface area contributed by atoms with E-state index in [1.165, 1.54) is 23.3 Å². The summed E-state index contributed by atoms with van der Waals surface area (Å²) in [6.45, 7) is 0. The standard InChI is InChI=1S/C14H14N2O2S/c17-13-11-8-4-1-2-6-10(8)19-14(11)16-12(15-13)9-5-3-7-18-9/h3,5,7,12,16H,1-2,4,6H2,(H,15,17). The van der Waals surface area contributed by atoms with E-state index < -0.39 is 0 Å². The third-order valence-electron chi connectivity index (χ3n) is 3.78. The molecule has 19 heavy (non-hydrogen) atoms. The quantitative estimate of drug-likeness (QED) is 0.840. The summed E-state index contributed by atoms with van der Waals surface area (Å²) < 4.78 is 5.37. The first-order chi connectivity index (χ1) is 9.33. The maximum atomic E-state index is 12.3. The summed E-state index contributed by atoms with van der Waals surface area (Å²) in [5.74, 6) is 0.764. The predicted octanol–water partition coefficient (Wildman–Crippen LogP) is 3.07. The molecule has 0 saturated heterocycles. The van der Waals surface area contributed by atoms with Gasteiger partial charge in [-0.1, -0.05) is 0 Å². The Kier molecular flexibility index (Phi) is 2.41. The SMILES string of the molecule is O=C1NC(c2ccco2)Nc2sc3c(c21)CCCC3. The lowest BCUT2D eigenvalue weighted by Gasteiger charge is -2.24. The number of carbonyl (C=O) groups is 1. The average Bonchev–Trinajstić information content (AvgIpc) is 3.05. The molecule has 98 valence electrons. The monoisotopic (exact) mass is 274 g/mol. The summed E-state index contributed by atoms with van der Waals surface area (Å²) in [7, 11) is 0. The van der Waals surface area contributed by atoms with Crippen molar-refractivity contribution in [1.82, 2.24) is 5.32 Å². The molecule has 1 aliphatic heterocycles. The molecule has 4 nitrogen and oxygen atoms in total. The molecule has 2 aromatic rings. The molecule has 0 fully saturated rings. The van der Waals surface area contributed by atoms with E-state index in [1.54, 1.807) is 17.6 Å². The van der Waals surface area contributed by atoms with Crippen molar-refractivity contribution in [3.05, 3.63) is 40.2 Å². The summed E-state index contributed by atoms with van der Waals surface area (Å²) >= 11 is 1.73. The first-order valence-corrected chi connectivity index (χ1v) is 7.40. The van der Waals surface area contributed by atoms with Crippen LogP contribution in [0.25, 0.3) is 0 Å². The summed E-state index contributed by atoms with van der Waals surface area (Å²) in [6.07, 6.45) is 5.92. The first-order valence-electron chi connectivity index (χ1n) is 6.58. The highest BCUT2D eigenvalue weighted by Gasteiger charge is 2.32. The van der Waals surface area contributed by atoms with Gasteiger partial charge in [0.25, 0.3) is 5.91 Å². The molecule has 5 heteroatoms. The van der Waals surface area contributed by atoms with Crippen molar-refractivity contribution in [2.24, 2.45) is 0 Å². The van der Waals surface area contributed by atoms with Gasteiger partial charge in [-0.15, -0.1) is 11.3 Å². The highest BCUT2D eigenvalue weighted by Crippen LogP contribution is 2.41. The maximum absolute atomic E-state index is 12.3. The Bertz CT molecular complexity index is 630. The smallest absolute Gasteiger partial charge is 0.256 e. The van der Waals surface area contributed by atoms with Gasteiger partial charge in [0.1, 0.15) is 10.8 Å². The van der Waals surface area contributed by atoms with Crippen molar-refractivity contribution in [3.8, 4) is 0 Å². The van der Waals surface area contributed by atoms with Crippen molar-refractivity contribution in [2.75, 3.05) is 5.32 Å². The minimum Gasteiger partial charge on any atom is -0.465 e. The van der Waals surface area contributed by atoms with Crippen molar-refractivity contribution in [3.63, 3.8) is 0 Å². The Morgan fingerprint density at radius 1 is 1.26 bits per heavy atom. The normalized spacial score (nSPS) is 21.3. The Hall–Kier alpha value is -1.75. The van der Waals surface area contributed by atoms with E-state index in [2.05, 4.69) is 10.6 Å². The number of nitrogens with one attached hydrogen (secondary N) is 2. The van der Waals surface area contributed by atoms with Gasteiger partial charge in [0.2, 0.25) is 0 Å². The van der Waals surface area contributed by atoms with Crippen LogP contribution < -0.4 is 10.6 Å². The van der Waals surface area contributed by atoms with E-state index in [1.807, 2.05) is 12.1 Å². The third-order valence-corrected chi connectivity index (χ3v) is 5.00. The Morgan fingerprint density at radius 3 is 3.00 bits per heavy atom. The molecule has 0 spiro atoms. The van der Waals surface area contributed by atoms with Gasteiger partial charge >= 0.3 is 0 Å². The van der Waals surface area contributed by atoms with Gasteiger partial charge in [-0.2, -0.15) is 0 Å². The minimum atomic E-state index is -0.255. The van der Waals surface area contributed by atoms with Crippen molar-refractivity contribution in [1.29, 1.82) is 0 Å². The number of amides is 1. The topological polar surface area (TPSA) is 54.3 Å². The van der Waals surface area contributed by atoms with Crippen LogP contribution in [0.5, 0.6) is 0 Å². The number of rotatable bonds is 1. The fourth-order valence-corrected chi connectivity index (χ4v) is 4.19. The molecule has 2 aliphatic rings. The number of aryl methyl sites for hydroxylation is 1. The zero-order chi connectivity index (χ0) is 12.8. The molecule has 0 radical (unpaired) electrons. The van der Waals surface area contributed by atoms with E-state index in [-0.39, 0.29) is 12.1 Å². The maximum Gasteiger partial charge on any atom is 0.256 e. The molecular formula is C14H14N2O2S. The molecule has 1 unspecified atom stereocenters. The molecule has 4 rings (SSSR count). The van der Waals surface area contributed by atoms with Gasteiger partial charge in [-0.3, -0.25) is 4.79 Å². The van der Waals surface area contributed by atoms with Crippen LogP contribution in [0.3, 0.4) is 0 Å². The number of furan rings is 1. The van der Waals surface area contributed by atoms with Crippen LogP contribution in [0, 0.1) is 0 Å². The van der Waals surface area contributed by atoms with Crippen molar-refractivity contribution in [2.45, 2.75) is 31.8 Å². The van der Waals surface area contributed by atoms with Crippen LogP contribution in [-0.4, -0.2) is 5.91 Å². The molecule has 2 aromatic heterocycles. The Morgan fingerprint density at radius 2 is 2.16 bits per heavy atom. The molecule has 1 aliphatic carbocycles. The Labute approximate surface area is 114 Å². The van der Waals surface area contributed by atoms with Gasteiger partial charge < -0.3 is 15.1 Å². The number of anilines is 1. The van der Waals surface area contributed by atoms with Crippen LogP contribution >= 0.6 is 11.3 Å². The van der Waals surface area contributed by atoms with E-state index >= 15 is 0 Å². The average molecular weight is 274 g/mol. The fourth-order valence-electron chi connectivity index (χ4n) is 2.88. The van der Waals surface area contributed by atoms with Gasteiger partial charge in [-0.25, -0.2) is 0 Å². The van der Waals surface area contributed by atoms with Crippen LogP contribution in [0.15, 0.2) is 22.8 Å². The fraction of sp³-hybridized carbons (Fsp3) is 0.357. The summed E-state index contributed by atoms with van der Waals surface area (Å²) in [5, 5.41) is 7.35. The van der Waals surface area contributed by atoms with Crippen LogP contribution in [0.1, 0.15) is 45.6 Å². The van der Waals surface area contributed by atoms with E-state index in [0.717, 1.165) is 29.2 Å². The van der Waals surface area contributed by atoms with Crippen LogP contribution in [0.2, 0.25) is 0 Å². The lowest BCUT2D eigenvalue weighted by Crippen LogP contribution is -2.38. The molecule has 0 saturated carbocycles. The third kappa shape index (κ3) is 1.69. The van der Waals surface area contributed by atoms with Crippen molar-refractivity contribution >= 4 is 22.2 Å². The molecule has 1 amide bonds. The zero-order valence-electron chi connectivity index (χ0n) is 10.4. The second-order valence-corrected chi connectivity index (χ2v) is 6.09. The molecule has 0 aromatic carbocycles. The van der Waals surface area contributed by atoms with Gasteiger partial charge in [-0.05, 0) is 43.4 Å². The molecule has 2 N–H and O–H groups in total. The molecule has 0 bridgehead atoms. The van der Waals surface area contributed by atoms with Gasteiger partial charge in [0, 0.05) is 4.88 Å². The summed E-state index contributed by atoms with van der Waals surface area (Å²) in [6, 6.07) is 3.70. The van der Waals surface area contributed by atoms with E-state index in [0.29, 0.717) is 0 Å². The van der Waals surface area contributed by atoms with Crippen LogP contribution in [-0.2, 0) is 12.8 Å². The largest absolute Gasteiger partial charge is 0.465 e. The number of thiophene rings is 1. The number of carbonyl (C=O) groups excluding carboxylic acids is 1. The first kappa shape index (κ1) is 11.1. The van der Waals surface area contributed by atoms with Crippen molar-refractivity contribution < 1.29 is 9.21 Å². The molecule has 3 heterocycles. The van der Waals surface area contributed by atoms with E-state index in [9.17, 15) is 4.79 Å². The zero-order valence-corrected chi connectivity index (χ0v) is 11.2. The summed E-state index contributed by atoms with van der Waals surface area (Å²) in [4.78, 5) is 13.7. The summed E-state index contributed by atoms with van der Waals surface area (Å²) in [5.41, 5.74) is 2.12. The highest BCUT2D eigenvalue weighted by molar-refractivity contribution is 7.16.